The van der Waals surface area contributed by atoms with E-state index < -0.39 is 116 Å². The maximum absolute atomic E-state index is 10.4. The van der Waals surface area contributed by atoms with Crippen molar-refractivity contribution >= 4 is 72.4 Å². The summed E-state index contributed by atoms with van der Waals surface area (Å²) in [6.45, 7) is 0. The van der Waals surface area contributed by atoms with Crippen LogP contribution >= 0.6 is 0 Å². The normalized spacial score (nSPS) is 15.8. The van der Waals surface area contributed by atoms with Crippen molar-refractivity contribution in [2.24, 2.45) is 0 Å². The topological polar surface area (TPSA) is 48.5 Å². The molecule has 3 heterocycles. The van der Waals surface area contributed by atoms with Gasteiger partial charge in [-0.25, -0.2) is 0 Å². The highest BCUT2D eigenvalue weighted by Crippen LogP contribution is 2.34. The average Bonchev–Trinajstić information content (AvgIpc) is 3.96. The molecule has 57 heavy (non-hydrogen) atoms. The molecule has 0 N–H and O–H groups in total. The maximum atomic E-state index is 10.4. The maximum Gasteiger partial charge on any atom is 0.240 e. The van der Waals surface area contributed by atoms with Crippen LogP contribution in [-0.2, 0) is 0 Å². The Morgan fingerprint density at radius 2 is 0.807 bits per heavy atom. The van der Waals surface area contributed by atoms with Crippen LogP contribution in [0.1, 0.15) is 21.9 Å². The van der Waals surface area contributed by atoms with E-state index in [4.69, 9.17) is 27.3 Å². The smallest absolute Gasteiger partial charge is 0.240 e. The fraction of sp³-hybridized carbons (Fsp3) is 0. The van der Waals surface area contributed by atoms with Crippen molar-refractivity contribution in [2.75, 3.05) is 0 Å². The lowest BCUT2D eigenvalue weighted by atomic mass is 10.2. The first-order valence-electron chi connectivity index (χ1n) is 26.0. The summed E-state index contributed by atoms with van der Waals surface area (Å²) in [5.41, 5.74) is -0.907. The number of rotatable bonds is 7. The predicted molar refractivity (Wildman–Crippen MR) is 238 cm³/mol. The minimum atomic E-state index is -3.88. The summed E-state index contributed by atoms with van der Waals surface area (Å²) in [5, 5.41) is 2.18. The molecule has 0 spiro atoms. The van der Waals surface area contributed by atoms with Gasteiger partial charge < -0.3 is 0 Å². The third kappa shape index (κ3) is 5.19. The van der Waals surface area contributed by atoms with Crippen LogP contribution in [0.4, 0.5) is 0 Å². The van der Waals surface area contributed by atoms with Crippen LogP contribution in [0, 0.1) is 0 Å². The molecule has 11 aromatic rings. The number of hydrogen-bond donors (Lipinski definition) is 0. The molecule has 0 saturated carbocycles. The molecule has 0 aliphatic carbocycles. The zero-order valence-corrected chi connectivity index (χ0v) is 30.7. The number of para-hydroxylation sites is 4. The lowest BCUT2D eigenvalue weighted by Gasteiger charge is -2.34. The largest absolute Gasteiger partial charge is 0.278 e. The Hall–Kier alpha value is -7.41. The summed E-state index contributed by atoms with van der Waals surface area (Å²) in [4.78, 5) is 14.7. The SMILES string of the molecule is [2H]c1c([2H])c(-c2nc(-n3c4ccccc4c4c([2H])c([2H])c([2H])c([2H])c43)nc(-n3c4c([2H])c([2H])c([2H])c([2H])c4c4c([2H])c([2H])c([2H])c([2H])c43)n2)c([2H])c([Si](c2ccccc2)(c2ccccc2)c2ccccc2)c1[2H]. The van der Waals surface area contributed by atoms with E-state index in [0.29, 0.717) is 5.39 Å². The van der Waals surface area contributed by atoms with Crippen LogP contribution in [0.15, 0.2) is 212 Å². The van der Waals surface area contributed by atoms with Gasteiger partial charge in [0.2, 0.25) is 11.9 Å². The van der Waals surface area contributed by atoms with Gasteiger partial charge in [-0.2, -0.15) is 15.0 Å². The van der Waals surface area contributed by atoms with E-state index in [9.17, 15) is 9.60 Å². The molecule has 3 aromatic heterocycles. The van der Waals surface area contributed by atoms with Gasteiger partial charge >= 0.3 is 0 Å². The number of benzene rings is 8. The van der Waals surface area contributed by atoms with Crippen molar-refractivity contribution < 1.29 is 21.9 Å². The highest BCUT2D eigenvalue weighted by atomic mass is 28.3. The molecule has 0 saturated heterocycles. The first-order chi connectivity index (χ1) is 34.9. The van der Waals surface area contributed by atoms with Crippen molar-refractivity contribution in [2.45, 2.75) is 0 Å². The molecule has 0 aliphatic heterocycles. The van der Waals surface area contributed by atoms with Gasteiger partial charge in [-0.1, -0.05) is 188 Å². The molecule has 0 amide bonds. The lowest BCUT2D eigenvalue weighted by molar-refractivity contribution is 0.893. The fourth-order valence-electron chi connectivity index (χ4n) is 7.80. The third-order valence-corrected chi connectivity index (χ3v) is 14.8. The van der Waals surface area contributed by atoms with E-state index >= 15 is 0 Å². The Balaban J connectivity index is 1.37. The second-order valence-electron chi connectivity index (χ2n) is 13.2. The summed E-state index contributed by atoms with van der Waals surface area (Å²) >= 11 is 0. The summed E-state index contributed by atoms with van der Waals surface area (Å²) in [6, 6.07) is 25.2. The van der Waals surface area contributed by atoms with Gasteiger partial charge in [-0.15, -0.1) is 0 Å². The molecule has 11 rings (SSSR count). The molecule has 268 valence electrons. The average molecular weight is 762 g/mol. The van der Waals surface area contributed by atoms with Crippen molar-refractivity contribution in [3.05, 3.63) is 212 Å². The van der Waals surface area contributed by atoms with Crippen molar-refractivity contribution in [1.29, 1.82) is 0 Å². The van der Waals surface area contributed by atoms with Crippen molar-refractivity contribution in [1.82, 2.24) is 24.1 Å². The highest BCUT2D eigenvalue weighted by Gasteiger charge is 2.41. The molecule has 0 radical (unpaired) electrons. The predicted octanol–water partition coefficient (Wildman–Crippen LogP) is 9.11. The minimum Gasteiger partial charge on any atom is -0.278 e. The van der Waals surface area contributed by atoms with Gasteiger partial charge in [0, 0.05) is 27.1 Å². The zero-order valence-electron chi connectivity index (χ0n) is 45.7. The highest BCUT2D eigenvalue weighted by molar-refractivity contribution is 7.19. The fourth-order valence-corrected chi connectivity index (χ4v) is 12.3. The van der Waals surface area contributed by atoms with E-state index in [1.807, 2.05) is 91.0 Å². The van der Waals surface area contributed by atoms with Gasteiger partial charge in [0.15, 0.2) is 13.9 Å². The second kappa shape index (κ2) is 13.4. The molecular formula is C51H35N5Si. The number of aromatic nitrogens is 5. The standard InChI is InChI=1S/C51H35N5Si/c1-4-20-37(21-5-1)57(38-22-6-2-7-23-38,39-24-8-3-9-25-39)40-26-18-19-36(35-40)49-52-50(55-45-31-14-10-27-41(45)42-28-11-15-32-46(42)55)54-51(53-49)56-47-33-16-12-29-43(47)44-30-13-17-34-48(44)56/h1-35H/i10D,11D,12D,14D,15D,16D,18D,19D,26D,27D,28D,29D,31D,32D,33D,35D. The molecule has 0 aliphatic rings. The number of nitrogens with zero attached hydrogens (tertiary/aromatic N) is 5. The Labute approximate surface area is 353 Å². The monoisotopic (exact) mass is 761 g/mol. The van der Waals surface area contributed by atoms with Crippen molar-refractivity contribution in [3.8, 4) is 23.3 Å². The van der Waals surface area contributed by atoms with Crippen LogP contribution in [0.25, 0.3) is 66.9 Å². The Kier molecular flexibility index (Phi) is 4.82. The van der Waals surface area contributed by atoms with E-state index in [2.05, 4.69) is 0 Å². The molecule has 0 atom stereocenters. The molecule has 5 nitrogen and oxygen atoms in total. The minimum absolute atomic E-state index is 0.0891. The lowest BCUT2D eigenvalue weighted by Crippen LogP contribution is -2.74. The van der Waals surface area contributed by atoms with Gasteiger partial charge in [-0.3, -0.25) is 9.13 Å². The van der Waals surface area contributed by atoms with Crippen molar-refractivity contribution in [3.63, 3.8) is 0 Å². The first kappa shape index (κ1) is 20.5. The summed E-state index contributed by atoms with van der Waals surface area (Å²) in [6.07, 6.45) is 0. The van der Waals surface area contributed by atoms with Gasteiger partial charge in [0.05, 0.1) is 44.0 Å². The Morgan fingerprint density at radius 3 is 1.33 bits per heavy atom. The van der Waals surface area contributed by atoms with E-state index in [0.717, 1.165) is 20.1 Å². The number of fused-ring (bicyclic) bond motifs is 6. The quantitative estimate of drug-likeness (QED) is 0.120. The van der Waals surface area contributed by atoms with E-state index in [1.54, 1.807) is 24.3 Å². The molecule has 0 bridgehead atoms. The molecule has 6 heteroatoms. The first-order valence-corrected chi connectivity index (χ1v) is 20.0. The summed E-state index contributed by atoms with van der Waals surface area (Å²) in [7, 11) is -3.88. The Morgan fingerprint density at radius 1 is 0.368 bits per heavy atom. The van der Waals surface area contributed by atoms with Crippen LogP contribution < -0.4 is 20.7 Å². The number of hydrogen-bond acceptors (Lipinski definition) is 3. The van der Waals surface area contributed by atoms with Gasteiger partial charge in [-0.05, 0) is 44.9 Å². The van der Waals surface area contributed by atoms with E-state index in [-0.39, 0.29) is 55.0 Å². The molecular weight excluding hydrogens is 711 g/mol. The van der Waals surface area contributed by atoms with Crippen LogP contribution in [0.2, 0.25) is 0 Å². The van der Waals surface area contributed by atoms with Crippen LogP contribution in [-0.4, -0.2) is 32.2 Å². The van der Waals surface area contributed by atoms with Crippen LogP contribution in [0.5, 0.6) is 0 Å². The van der Waals surface area contributed by atoms with Gasteiger partial charge in [0.1, 0.15) is 0 Å². The van der Waals surface area contributed by atoms with E-state index in [1.165, 1.54) is 4.57 Å². The third-order valence-electron chi connectivity index (χ3n) is 10.2. The molecule has 8 aromatic carbocycles. The Bertz CT molecular complexity index is 4000. The second-order valence-corrected chi connectivity index (χ2v) is 16.9. The van der Waals surface area contributed by atoms with Gasteiger partial charge in [0.25, 0.3) is 0 Å². The van der Waals surface area contributed by atoms with Crippen LogP contribution in [0.3, 0.4) is 0 Å². The summed E-state index contributed by atoms with van der Waals surface area (Å²) in [5.74, 6) is -1.42. The molecule has 0 unspecified atom stereocenters. The zero-order chi connectivity index (χ0) is 51.7. The summed E-state index contributed by atoms with van der Waals surface area (Å²) < 4.78 is 149. The molecule has 0 fully saturated rings.